The van der Waals surface area contributed by atoms with Crippen molar-refractivity contribution in [2.75, 3.05) is 13.7 Å². The molecular formula is C17H18ClN3O. The van der Waals surface area contributed by atoms with E-state index in [4.69, 9.17) is 16.3 Å². The van der Waals surface area contributed by atoms with Gasteiger partial charge in [0, 0.05) is 12.7 Å². The average Bonchev–Trinajstić information content (AvgIpc) is 2.96. The lowest BCUT2D eigenvalue weighted by Crippen LogP contribution is -2.03. The fraction of sp³-hybridized carbons (Fsp3) is 0.294. The van der Waals surface area contributed by atoms with E-state index < -0.39 is 0 Å². The van der Waals surface area contributed by atoms with Crippen molar-refractivity contribution >= 4 is 22.8 Å². The number of allylic oxidation sites excluding steroid dienone is 1. The zero-order valence-corrected chi connectivity index (χ0v) is 13.5. The Morgan fingerprint density at radius 1 is 1.36 bits per heavy atom. The Morgan fingerprint density at radius 2 is 2.23 bits per heavy atom. The topological polar surface area (TPSA) is 39.4 Å². The van der Waals surface area contributed by atoms with Crippen molar-refractivity contribution in [3.63, 3.8) is 0 Å². The maximum atomic E-state index is 6.17. The molecule has 1 aromatic heterocycles. The fourth-order valence-electron chi connectivity index (χ4n) is 2.53. The van der Waals surface area contributed by atoms with Gasteiger partial charge in [-0.05, 0) is 49.1 Å². The molecule has 22 heavy (non-hydrogen) atoms. The molecular weight excluding hydrogens is 298 g/mol. The van der Waals surface area contributed by atoms with E-state index in [1.54, 1.807) is 13.4 Å². The molecule has 2 aromatic rings. The molecule has 0 spiro atoms. The SMILES string of the molecule is COc1cc(/C=C2\CCCN=C2Cl)ccc1-n1cnc(C)c1. The number of nitrogens with zero attached hydrogens (tertiary/aromatic N) is 3. The van der Waals surface area contributed by atoms with E-state index in [0.717, 1.165) is 47.7 Å². The first-order valence-corrected chi connectivity index (χ1v) is 7.65. The van der Waals surface area contributed by atoms with Crippen molar-refractivity contribution in [2.24, 2.45) is 4.99 Å². The highest BCUT2D eigenvalue weighted by molar-refractivity contribution is 6.70. The summed E-state index contributed by atoms with van der Waals surface area (Å²) in [5.41, 5.74) is 4.08. The van der Waals surface area contributed by atoms with Crippen molar-refractivity contribution in [3.05, 3.63) is 47.6 Å². The van der Waals surface area contributed by atoms with Crippen molar-refractivity contribution in [3.8, 4) is 11.4 Å². The van der Waals surface area contributed by atoms with Gasteiger partial charge < -0.3 is 9.30 Å². The summed E-state index contributed by atoms with van der Waals surface area (Å²) in [5.74, 6) is 0.802. The summed E-state index contributed by atoms with van der Waals surface area (Å²) in [5, 5.41) is 0.625. The third kappa shape index (κ3) is 3.07. The number of benzene rings is 1. The number of ether oxygens (including phenoxy) is 1. The molecule has 2 heterocycles. The van der Waals surface area contributed by atoms with Crippen LogP contribution in [0.5, 0.6) is 5.75 Å². The summed E-state index contributed by atoms with van der Waals surface area (Å²) in [6.45, 7) is 2.78. The Hall–Kier alpha value is -2.07. The summed E-state index contributed by atoms with van der Waals surface area (Å²) < 4.78 is 7.48. The zero-order valence-electron chi connectivity index (χ0n) is 12.7. The molecule has 0 unspecified atom stereocenters. The van der Waals surface area contributed by atoms with Crippen molar-refractivity contribution in [2.45, 2.75) is 19.8 Å². The second kappa shape index (κ2) is 6.36. The molecule has 0 atom stereocenters. The molecule has 0 N–H and O–H groups in total. The molecule has 4 nitrogen and oxygen atoms in total. The van der Waals surface area contributed by atoms with E-state index in [1.807, 2.05) is 29.8 Å². The van der Waals surface area contributed by atoms with Crippen LogP contribution in [0.3, 0.4) is 0 Å². The van der Waals surface area contributed by atoms with E-state index in [1.165, 1.54) is 0 Å². The maximum Gasteiger partial charge on any atom is 0.143 e. The highest BCUT2D eigenvalue weighted by Gasteiger charge is 2.11. The first kappa shape index (κ1) is 14.9. The molecule has 0 bridgehead atoms. The van der Waals surface area contributed by atoms with Crippen LogP contribution in [0.15, 0.2) is 41.3 Å². The molecule has 0 amide bonds. The van der Waals surface area contributed by atoms with Gasteiger partial charge in [-0.1, -0.05) is 17.7 Å². The van der Waals surface area contributed by atoms with Crippen LogP contribution in [0, 0.1) is 6.92 Å². The molecule has 114 valence electrons. The van der Waals surface area contributed by atoms with Crippen LogP contribution < -0.4 is 4.74 Å². The Bertz CT molecular complexity index is 746. The summed E-state index contributed by atoms with van der Waals surface area (Å²) in [7, 11) is 1.68. The van der Waals surface area contributed by atoms with Crippen LogP contribution in [-0.4, -0.2) is 28.4 Å². The van der Waals surface area contributed by atoms with Crippen LogP contribution in [0.2, 0.25) is 0 Å². The lowest BCUT2D eigenvalue weighted by molar-refractivity contribution is 0.413. The molecule has 5 heteroatoms. The smallest absolute Gasteiger partial charge is 0.143 e. The quantitative estimate of drug-likeness (QED) is 0.858. The number of rotatable bonds is 3. The monoisotopic (exact) mass is 315 g/mol. The first-order chi connectivity index (χ1) is 10.7. The molecule has 1 aliphatic heterocycles. The van der Waals surface area contributed by atoms with Crippen LogP contribution in [0.25, 0.3) is 11.8 Å². The number of aromatic nitrogens is 2. The summed E-state index contributed by atoms with van der Waals surface area (Å²) in [6.07, 6.45) is 7.85. The van der Waals surface area contributed by atoms with Gasteiger partial charge in [-0.2, -0.15) is 0 Å². The number of aryl methyl sites for hydroxylation is 1. The Morgan fingerprint density at radius 3 is 2.91 bits per heavy atom. The van der Waals surface area contributed by atoms with Crippen LogP contribution in [-0.2, 0) is 0 Å². The normalized spacial score (nSPS) is 16.7. The van der Waals surface area contributed by atoms with Gasteiger partial charge in [0.2, 0.25) is 0 Å². The van der Waals surface area contributed by atoms with Crippen LogP contribution >= 0.6 is 11.6 Å². The van der Waals surface area contributed by atoms with Crippen molar-refractivity contribution in [1.29, 1.82) is 0 Å². The first-order valence-electron chi connectivity index (χ1n) is 7.27. The molecule has 1 aromatic carbocycles. The van der Waals surface area contributed by atoms with E-state index in [2.05, 4.69) is 22.1 Å². The number of hydrogen-bond donors (Lipinski definition) is 0. The molecule has 0 saturated heterocycles. The second-order valence-corrected chi connectivity index (χ2v) is 5.66. The van der Waals surface area contributed by atoms with Gasteiger partial charge in [0.1, 0.15) is 10.9 Å². The van der Waals surface area contributed by atoms with Crippen LogP contribution in [0.4, 0.5) is 0 Å². The lowest BCUT2D eigenvalue weighted by atomic mass is 10.0. The molecule has 0 saturated carbocycles. The van der Waals surface area contributed by atoms with Gasteiger partial charge in [-0.25, -0.2) is 4.98 Å². The number of hydrogen-bond acceptors (Lipinski definition) is 3. The fourth-order valence-corrected chi connectivity index (χ4v) is 2.77. The second-order valence-electron chi connectivity index (χ2n) is 5.30. The molecule has 0 fully saturated rings. The Kier molecular flexibility index (Phi) is 4.29. The predicted molar refractivity (Wildman–Crippen MR) is 90.2 cm³/mol. The third-order valence-electron chi connectivity index (χ3n) is 3.65. The van der Waals surface area contributed by atoms with E-state index in [-0.39, 0.29) is 0 Å². The van der Waals surface area contributed by atoms with Gasteiger partial charge in [-0.3, -0.25) is 4.99 Å². The van der Waals surface area contributed by atoms with Gasteiger partial charge in [0.25, 0.3) is 0 Å². The molecule has 0 aliphatic carbocycles. The number of halogens is 1. The standard InChI is InChI=1S/C17H18ClN3O/c1-12-10-21(11-20-12)15-6-5-13(9-16(15)22-2)8-14-4-3-7-19-17(14)18/h5-6,8-11H,3-4,7H2,1-2H3/b14-8+. The Balaban J connectivity index is 1.97. The largest absolute Gasteiger partial charge is 0.495 e. The van der Waals surface area contributed by atoms with Gasteiger partial charge in [-0.15, -0.1) is 0 Å². The van der Waals surface area contributed by atoms with E-state index in [9.17, 15) is 0 Å². The average molecular weight is 316 g/mol. The zero-order chi connectivity index (χ0) is 15.5. The molecule has 1 aliphatic rings. The van der Waals surface area contributed by atoms with Crippen molar-refractivity contribution in [1.82, 2.24) is 9.55 Å². The number of imidazole rings is 1. The minimum absolute atomic E-state index is 0.625. The molecule has 0 radical (unpaired) electrons. The van der Waals surface area contributed by atoms with E-state index >= 15 is 0 Å². The number of aliphatic imine (C=N–C) groups is 1. The summed E-state index contributed by atoms with van der Waals surface area (Å²) in [4.78, 5) is 8.54. The predicted octanol–water partition coefficient (Wildman–Crippen LogP) is 4.00. The summed E-state index contributed by atoms with van der Waals surface area (Å²) >= 11 is 6.17. The molecule has 3 rings (SSSR count). The highest BCUT2D eigenvalue weighted by Crippen LogP contribution is 2.27. The summed E-state index contributed by atoms with van der Waals surface area (Å²) in [6, 6.07) is 6.09. The number of methoxy groups -OCH3 is 1. The Labute approximate surface area is 135 Å². The van der Waals surface area contributed by atoms with Gasteiger partial charge in [0.15, 0.2) is 0 Å². The minimum atomic E-state index is 0.625. The maximum absolute atomic E-state index is 6.17. The lowest BCUT2D eigenvalue weighted by Gasteiger charge is -2.13. The van der Waals surface area contributed by atoms with Crippen molar-refractivity contribution < 1.29 is 4.74 Å². The third-order valence-corrected chi connectivity index (χ3v) is 4.02. The van der Waals surface area contributed by atoms with Gasteiger partial charge in [0.05, 0.1) is 24.8 Å². The highest BCUT2D eigenvalue weighted by atomic mass is 35.5. The van der Waals surface area contributed by atoms with Crippen LogP contribution in [0.1, 0.15) is 24.1 Å². The minimum Gasteiger partial charge on any atom is -0.495 e. The van der Waals surface area contributed by atoms with E-state index in [0.29, 0.717) is 5.17 Å². The van der Waals surface area contributed by atoms with Gasteiger partial charge >= 0.3 is 0 Å².